The van der Waals surface area contributed by atoms with E-state index in [1.165, 1.54) is 0 Å². The molecule has 0 saturated carbocycles. The van der Waals surface area contributed by atoms with Gasteiger partial charge in [0.05, 0.1) is 12.3 Å². The average molecular weight is 259 g/mol. The lowest BCUT2D eigenvalue weighted by atomic mass is 9.63. The zero-order valence-corrected chi connectivity index (χ0v) is 11.8. The van der Waals surface area contributed by atoms with Crippen molar-refractivity contribution in [3.8, 4) is 0 Å². The highest BCUT2D eigenvalue weighted by Gasteiger charge is 2.45. The maximum absolute atomic E-state index is 12.2. The van der Waals surface area contributed by atoms with Gasteiger partial charge in [-0.25, -0.2) is 0 Å². The minimum Gasteiger partial charge on any atom is -0.465 e. The third-order valence-corrected chi connectivity index (χ3v) is 4.22. The molecule has 1 N–H and O–H groups in total. The maximum atomic E-state index is 12.2. The number of carbonyl (C=O) groups excluding carboxylic acids is 1. The summed E-state index contributed by atoms with van der Waals surface area (Å²) in [6.45, 7) is 6.33. The van der Waals surface area contributed by atoms with E-state index in [9.17, 15) is 4.79 Å². The van der Waals surface area contributed by atoms with Crippen molar-refractivity contribution in [3.63, 3.8) is 0 Å². The topological polar surface area (TPSA) is 50.2 Å². The molecule has 1 aromatic rings. The zero-order valence-electron chi connectivity index (χ0n) is 11.8. The molecule has 3 nitrogen and oxygen atoms in total. The molecule has 0 aliphatic heterocycles. The Hall–Kier alpha value is -1.64. The van der Waals surface area contributed by atoms with E-state index >= 15 is 0 Å². The molecule has 2 rings (SSSR count). The lowest BCUT2D eigenvalue weighted by Crippen LogP contribution is -2.45. The fourth-order valence-electron chi connectivity index (χ4n) is 2.94. The number of hydrogen-bond acceptors (Lipinski definition) is 3. The first-order valence-electron chi connectivity index (χ1n) is 6.87. The second-order valence-corrected chi connectivity index (χ2v) is 5.44. The fourth-order valence-corrected chi connectivity index (χ4v) is 2.94. The standard InChI is InChI=1S/C16H21NO2/c1-4-16(3)10-11-8-6-7-9-12(11)14(17)13(16)15(18)19-5-2/h6-9,13,17H,4-5,10H2,1-3H3/t13?,16-/m0/s1. The molecule has 1 aromatic carbocycles. The molecular formula is C16H21NO2. The molecule has 0 heterocycles. The minimum absolute atomic E-state index is 0.225. The van der Waals surface area contributed by atoms with Crippen molar-refractivity contribution >= 4 is 11.7 Å². The van der Waals surface area contributed by atoms with Crippen LogP contribution in [-0.4, -0.2) is 18.3 Å². The number of benzene rings is 1. The van der Waals surface area contributed by atoms with Gasteiger partial charge in [0.15, 0.2) is 0 Å². The second kappa shape index (κ2) is 5.16. The number of carbonyl (C=O) groups is 1. The van der Waals surface area contributed by atoms with Crippen LogP contribution in [-0.2, 0) is 16.0 Å². The number of hydrogen-bond donors (Lipinski definition) is 1. The van der Waals surface area contributed by atoms with E-state index in [0.29, 0.717) is 12.3 Å². The molecule has 0 amide bonds. The highest BCUT2D eigenvalue weighted by atomic mass is 16.5. The lowest BCUT2D eigenvalue weighted by Gasteiger charge is -2.40. The Morgan fingerprint density at radius 1 is 1.42 bits per heavy atom. The van der Waals surface area contributed by atoms with Crippen LogP contribution >= 0.6 is 0 Å². The molecule has 2 atom stereocenters. The molecule has 1 unspecified atom stereocenters. The predicted octanol–water partition coefficient (Wildman–Crippen LogP) is 3.21. The monoisotopic (exact) mass is 259 g/mol. The van der Waals surface area contributed by atoms with Gasteiger partial charge in [-0.15, -0.1) is 0 Å². The number of fused-ring (bicyclic) bond motifs is 1. The quantitative estimate of drug-likeness (QED) is 0.847. The van der Waals surface area contributed by atoms with E-state index in [2.05, 4.69) is 19.9 Å². The average Bonchev–Trinajstić information content (AvgIpc) is 2.39. The van der Waals surface area contributed by atoms with Crippen molar-refractivity contribution in [1.29, 1.82) is 5.41 Å². The number of ether oxygens (including phenoxy) is 1. The third-order valence-electron chi connectivity index (χ3n) is 4.22. The summed E-state index contributed by atoms with van der Waals surface area (Å²) in [5, 5.41) is 8.39. The fraction of sp³-hybridized carbons (Fsp3) is 0.500. The minimum atomic E-state index is -0.452. The van der Waals surface area contributed by atoms with Crippen molar-refractivity contribution in [2.24, 2.45) is 11.3 Å². The smallest absolute Gasteiger partial charge is 0.315 e. The van der Waals surface area contributed by atoms with Crippen molar-refractivity contribution in [1.82, 2.24) is 0 Å². The molecule has 1 aliphatic carbocycles. The van der Waals surface area contributed by atoms with Gasteiger partial charge in [0, 0.05) is 0 Å². The van der Waals surface area contributed by atoms with Crippen LogP contribution in [0.4, 0.5) is 0 Å². The van der Waals surface area contributed by atoms with Gasteiger partial charge in [0.25, 0.3) is 0 Å². The van der Waals surface area contributed by atoms with Gasteiger partial charge in [-0.1, -0.05) is 38.1 Å². The molecule has 3 heteroatoms. The largest absolute Gasteiger partial charge is 0.465 e. The molecule has 19 heavy (non-hydrogen) atoms. The van der Waals surface area contributed by atoms with Crippen LogP contribution in [0.2, 0.25) is 0 Å². The lowest BCUT2D eigenvalue weighted by molar-refractivity contribution is -0.149. The van der Waals surface area contributed by atoms with Gasteiger partial charge in [0.1, 0.15) is 5.92 Å². The van der Waals surface area contributed by atoms with Crippen molar-refractivity contribution < 1.29 is 9.53 Å². The highest BCUT2D eigenvalue weighted by molar-refractivity contribution is 6.12. The molecule has 0 saturated heterocycles. The molecule has 0 aromatic heterocycles. The van der Waals surface area contributed by atoms with Gasteiger partial charge in [-0.05, 0) is 36.3 Å². The molecule has 102 valence electrons. The highest BCUT2D eigenvalue weighted by Crippen LogP contribution is 2.42. The molecule has 0 bridgehead atoms. The summed E-state index contributed by atoms with van der Waals surface area (Å²) in [6, 6.07) is 7.90. The van der Waals surface area contributed by atoms with Crippen LogP contribution in [0.15, 0.2) is 24.3 Å². The Morgan fingerprint density at radius 3 is 2.74 bits per heavy atom. The first kappa shape index (κ1) is 13.8. The van der Waals surface area contributed by atoms with Crippen molar-refractivity contribution in [2.45, 2.75) is 33.6 Å². The van der Waals surface area contributed by atoms with E-state index in [1.54, 1.807) is 0 Å². The third kappa shape index (κ3) is 2.29. The van der Waals surface area contributed by atoms with Crippen molar-refractivity contribution in [3.05, 3.63) is 35.4 Å². The molecular weight excluding hydrogens is 238 g/mol. The van der Waals surface area contributed by atoms with Crippen LogP contribution in [0, 0.1) is 16.7 Å². The van der Waals surface area contributed by atoms with Crippen LogP contribution in [0.5, 0.6) is 0 Å². The number of nitrogens with one attached hydrogen (secondary N) is 1. The summed E-state index contributed by atoms with van der Waals surface area (Å²) in [7, 11) is 0. The number of rotatable bonds is 3. The summed E-state index contributed by atoms with van der Waals surface area (Å²) >= 11 is 0. The maximum Gasteiger partial charge on any atom is 0.315 e. The van der Waals surface area contributed by atoms with Crippen molar-refractivity contribution in [2.75, 3.05) is 6.61 Å². The molecule has 0 fully saturated rings. The van der Waals surface area contributed by atoms with Crippen LogP contribution in [0.3, 0.4) is 0 Å². The van der Waals surface area contributed by atoms with Crippen LogP contribution in [0.25, 0.3) is 0 Å². The normalized spacial score (nSPS) is 25.8. The van der Waals surface area contributed by atoms with E-state index in [1.807, 2.05) is 25.1 Å². The summed E-state index contributed by atoms with van der Waals surface area (Å²) < 4.78 is 5.18. The Kier molecular flexibility index (Phi) is 3.74. The molecule has 0 spiro atoms. The molecule has 1 aliphatic rings. The SMILES string of the molecule is CCOC(=O)C1C(=N)c2ccccc2C[C@]1(C)CC. The zero-order chi connectivity index (χ0) is 14.0. The Morgan fingerprint density at radius 2 is 2.11 bits per heavy atom. The van der Waals surface area contributed by atoms with E-state index in [4.69, 9.17) is 10.1 Å². The van der Waals surface area contributed by atoms with E-state index in [0.717, 1.165) is 24.0 Å². The van der Waals surface area contributed by atoms with Gasteiger partial charge in [-0.2, -0.15) is 0 Å². The first-order chi connectivity index (χ1) is 9.03. The summed E-state index contributed by atoms with van der Waals surface area (Å²) in [5.41, 5.74) is 2.24. The van der Waals surface area contributed by atoms with Gasteiger partial charge in [-0.3, -0.25) is 4.79 Å². The Balaban J connectivity index is 2.47. The van der Waals surface area contributed by atoms with Gasteiger partial charge >= 0.3 is 5.97 Å². The molecule has 0 radical (unpaired) electrons. The van der Waals surface area contributed by atoms with Gasteiger partial charge in [0.2, 0.25) is 0 Å². The van der Waals surface area contributed by atoms with E-state index < -0.39 is 5.92 Å². The summed E-state index contributed by atoms with van der Waals surface area (Å²) in [6.07, 6.45) is 1.68. The second-order valence-electron chi connectivity index (χ2n) is 5.44. The predicted molar refractivity (Wildman–Crippen MR) is 75.5 cm³/mol. The Bertz CT molecular complexity index is 509. The van der Waals surface area contributed by atoms with Crippen LogP contribution in [0.1, 0.15) is 38.3 Å². The van der Waals surface area contributed by atoms with Crippen LogP contribution < -0.4 is 0 Å². The Labute approximate surface area is 114 Å². The summed E-state index contributed by atoms with van der Waals surface area (Å²) in [5.74, 6) is -0.710. The summed E-state index contributed by atoms with van der Waals surface area (Å²) in [4.78, 5) is 12.2. The van der Waals surface area contributed by atoms with E-state index in [-0.39, 0.29) is 11.4 Å². The first-order valence-corrected chi connectivity index (χ1v) is 6.87. The number of esters is 1. The van der Waals surface area contributed by atoms with Gasteiger partial charge < -0.3 is 10.1 Å².